The summed E-state index contributed by atoms with van der Waals surface area (Å²) in [6.07, 6.45) is 0. The van der Waals surface area contributed by atoms with Crippen molar-refractivity contribution in [2.24, 2.45) is 0 Å². The van der Waals surface area contributed by atoms with Gasteiger partial charge in [-0.25, -0.2) is 4.39 Å². The van der Waals surface area contributed by atoms with Gasteiger partial charge in [-0.3, -0.25) is 0 Å². The van der Waals surface area contributed by atoms with Crippen molar-refractivity contribution in [1.29, 1.82) is 0 Å². The van der Waals surface area contributed by atoms with E-state index in [1.54, 1.807) is 12.1 Å². The van der Waals surface area contributed by atoms with Crippen molar-refractivity contribution in [3.63, 3.8) is 0 Å². The van der Waals surface area contributed by atoms with E-state index in [1.807, 2.05) is 0 Å². The summed E-state index contributed by atoms with van der Waals surface area (Å²) in [6.45, 7) is 9.82. The molecule has 1 N–H and O–H groups in total. The highest BCUT2D eigenvalue weighted by Gasteiger charge is 1.98. The van der Waals surface area contributed by atoms with E-state index < -0.39 is 0 Å². The fourth-order valence-electron chi connectivity index (χ4n) is 1.70. The highest BCUT2D eigenvalue weighted by atomic mass is 19.1. The Labute approximate surface area is 109 Å². The van der Waals surface area contributed by atoms with Crippen molar-refractivity contribution < 1.29 is 9.13 Å². The van der Waals surface area contributed by atoms with Gasteiger partial charge in [0.1, 0.15) is 18.2 Å². The van der Waals surface area contributed by atoms with Crippen LogP contribution in [0.15, 0.2) is 24.3 Å². The molecular weight excluding hydrogens is 231 g/mol. The predicted octanol–water partition coefficient (Wildman–Crippen LogP) is 2.14. The van der Waals surface area contributed by atoms with Crippen molar-refractivity contribution in [2.75, 3.05) is 39.3 Å². The molecule has 0 aliphatic carbocycles. The zero-order chi connectivity index (χ0) is 13.2. The van der Waals surface area contributed by atoms with Gasteiger partial charge >= 0.3 is 0 Å². The van der Waals surface area contributed by atoms with Crippen LogP contribution in [0.3, 0.4) is 0 Å². The average molecular weight is 254 g/mol. The van der Waals surface area contributed by atoms with Gasteiger partial charge in [0.2, 0.25) is 0 Å². The minimum Gasteiger partial charge on any atom is -0.492 e. The number of benzene rings is 1. The van der Waals surface area contributed by atoms with Crippen LogP contribution in [-0.2, 0) is 0 Å². The maximum atomic E-state index is 12.9. The first-order chi connectivity index (χ1) is 8.76. The molecular formula is C14H23FN2O. The van der Waals surface area contributed by atoms with Gasteiger partial charge in [-0.05, 0) is 25.2 Å². The molecule has 0 aliphatic heterocycles. The maximum absolute atomic E-state index is 12.9. The standard InChI is InChI=1S/C14H23FN2O/c1-3-17(4-2)10-8-16-9-11-18-14-7-5-6-13(15)12-14/h5-7,12,16H,3-4,8-11H2,1-2H3. The number of rotatable bonds is 9. The predicted molar refractivity (Wildman–Crippen MR) is 72.6 cm³/mol. The molecule has 0 atom stereocenters. The number of halogens is 1. The molecule has 0 aromatic heterocycles. The van der Waals surface area contributed by atoms with E-state index in [0.29, 0.717) is 12.4 Å². The Bertz CT molecular complexity index is 329. The SMILES string of the molecule is CCN(CC)CCNCCOc1cccc(F)c1. The Kier molecular flexibility index (Phi) is 7.37. The number of likely N-dealkylation sites (N-methyl/N-ethyl adjacent to an activating group) is 1. The molecule has 0 saturated carbocycles. The lowest BCUT2D eigenvalue weighted by atomic mass is 10.3. The zero-order valence-corrected chi connectivity index (χ0v) is 11.3. The van der Waals surface area contributed by atoms with Gasteiger partial charge in [-0.2, -0.15) is 0 Å². The third kappa shape index (κ3) is 5.98. The van der Waals surface area contributed by atoms with Gasteiger partial charge in [-0.1, -0.05) is 19.9 Å². The quantitative estimate of drug-likeness (QED) is 0.683. The molecule has 0 unspecified atom stereocenters. The fourth-order valence-corrected chi connectivity index (χ4v) is 1.70. The molecule has 0 amide bonds. The monoisotopic (exact) mass is 254 g/mol. The van der Waals surface area contributed by atoms with Crippen LogP contribution < -0.4 is 10.1 Å². The Balaban J connectivity index is 2.05. The maximum Gasteiger partial charge on any atom is 0.126 e. The second-order valence-corrected chi connectivity index (χ2v) is 4.08. The van der Waals surface area contributed by atoms with Crippen LogP contribution in [0.1, 0.15) is 13.8 Å². The van der Waals surface area contributed by atoms with Gasteiger partial charge in [0.05, 0.1) is 0 Å². The summed E-state index contributed by atoms with van der Waals surface area (Å²) >= 11 is 0. The van der Waals surface area contributed by atoms with Crippen LogP contribution in [0, 0.1) is 5.82 Å². The topological polar surface area (TPSA) is 24.5 Å². The smallest absolute Gasteiger partial charge is 0.126 e. The molecule has 0 spiro atoms. The molecule has 18 heavy (non-hydrogen) atoms. The van der Waals surface area contributed by atoms with Crippen LogP contribution in [0.25, 0.3) is 0 Å². The molecule has 1 aromatic carbocycles. The number of ether oxygens (including phenoxy) is 1. The summed E-state index contributed by atoms with van der Waals surface area (Å²) in [5, 5.41) is 3.31. The minimum absolute atomic E-state index is 0.262. The second kappa shape index (κ2) is 8.89. The van der Waals surface area contributed by atoms with E-state index in [2.05, 4.69) is 24.1 Å². The Morgan fingerprint density at radius 2 is 2.00 bits per heavy atom. The third-order valence-corrected chi connectivity index (χ3v) is 2.84. The summed E-state index contributed by atoms with van der Waals surface area (Å²) in [7, 11) is 0. The fraction of sp³-hybridized carbons (Fsp3) is 0.571. The lowest BCUT2D eigenvalue weighted by molar-refractivity contribution is 0.285. The lowest BCUT2D eigenvalue weighted by Gasteiger charge is -2.18. The third-order valence-electron chi connectivity index (χ3n) is 2.84. The first-order valence-electron chi connectivity index (χ1n) is 6.57. The van der Waals surface area contributed by atoms with Gasteiger partial charge < -0.3 is 15.0 Å². The second-order valence-electron chi connectivity index (χ2n) is 4.08. The first-order valence-corrected chi connectivity index (χ1v) is 6.57. The molecule has 102 valence electrons. The normalized spacial score (nSPS) is 10.9. The van der Waals surface area contributed by atoms with E-state index in [0.717, 1.165) is 32.7 Å². The number of nitrogens with zero attached hydrogens (tertiary/aromatic N) is 1. The molecule has 1 rings (SSSR count). The molecule has 0 bridgehead atoms. The van der Waals surface area contributed by atoms with Crippen LogP contribution >= 0.6 is 0 Å². The molecule has 1 aromatic rings. The van der Waals surface area contributed by atoms with Gasteiger partial charge in [0.25, 0.3) is 0 Å². The molecule has 0 aliphatic rings. The molecule has 0 radical (unpaired) electrons. The Morgan fingerprint density at radius 3 is 2.67 bits per heavy atom. The summed E-state index contributed by atoms with van der Waals surface area (Å²) in [6, 6.07) is 6.22. The average Bonchev–Trinajstić information content (AvgIpc) is 2.38. The van der Waals surface area contributed by atoms with E-state index in [1.165, 1.54) is 12.1 Å². The van der Waals surface area contributed by atoms with Crippen molar-refractivity contribution in [2.45, 2.75) is 13.8 Å². The van der Waals surface area contributed by atoms with E-state index in [4.69, 9.17) is 4.74 Å². The van der Waals surface area contributed by atoms with Crippen LogP contribution in [0.5, 0.6) is 5.75 Å². The van der Waals surface area contributed by atoms with Crippen molar-refractivity contribution in [3.05, 3.63) is 30.1 Å². The summed E-state index contributed by atoms with van der Waals surface area (Å²) in [5.41, 5.74) is 0. The Morgan fingerprint density at radius 1 is 1.22 bits per heavy atom. The summed E-state index contributed by atoms with van der Waals surface area (Å²) < 4.78 is 18.3. The highest BCUT2D eigenvalue weighted by molar-refractivity contribution is 5.22. The molecule has 4 heteroatoms. The molecule has 3 nitrogen and oxygen atoms in total. The van der Waals surface area contributed by atoms with E-state index >= 15 is 0 Å². The van der Waals surface area contributed by atoms with Gasteiger partial charge in [0.15, 0.2) is 0 Å². The van der Waals surface area contributed by atoms with E-state index in [-0.39, 0.29) is 5.82 Å². The first kappa shape index (κ1) is 14.9. The zero-order valence-electron chi connectivity index (χ0n) is 11.3. The number of hydrogen-bond donors (Lipinski definition) is 1. The molecule has 0 saturated heterocycles. The number of nitrogens with one attached hydrogen (secondary N) is 1. The van der Waals surface area contributed by atoms with Gasteiger partial charge in [0, 0.05) is 25.7 Å². The lowest BCUT2D eigenvalue weighted by Crippen LogP contribution is -2.33. The Hall–Kier alpha value is -1.13. The van der Waals surface area contributed by atoms with Crippen molar-refractivity contribution >= 4 is 0 Å². The molecule has 0 fully saturated rings. The largest absolute Gasteiger partial charge is 0.492 e. The van der Waals surface area contributed by atoms with Crippen LogP contribution in [0.2, 0.25) is 0 Å². The van der Waals surface area contributed by atoms with E-state index in [9.17, 15) is 4.39 Å². The number of hydrogen-bond acceptors (Lipinski definition) is 3. The molecule has 0 heterocycles. The van der Waals surface area contributed by atoms with Crippen LogP contribution in [0.4, 0.5) is 4.39 Å². The highest BCUT2D eigenvalue weighted by Crippen LogP contribution is 2.11. The summed E-state index contributed by atoms with van der Waals surface area (Å²) in [4.78, 5) is 2.36. The summed E-state index contributed by atoms with van der Waals surface area (Å²) in [5.74, 6) is 0.322. The minimum atomic E-state index is -0.262. The van der Waals surface area contributed by atoms with Crippen molar-refractivity contribution in [1.82, 2.24) is 10.2 Å². The van der Waals surface area contributed by atoms with Crippen LogP contribution in [-0.4, -0.2) is 44.2 Å². The van der Waals surface area contributed by atoms with Gasteiger partial charge in [-0.15, -0.1) is 0 Å². The van der Waals surface area contributed by atoms with Crippen molar-refractivity contribution in [3.8, 4) is 5.75 Å².